The van der Waals surface area contributed by atoms with Gasteiger partial charge >= 0.3 is 0 Å². The summed E-state index contributed by atoms with van der Waals surface area (Å²) in [7, 11) is -3.54. The molecule has 0 radical (unpaired) electrons. The van der Waals surface area contributed by atoms with Gasteiger partial charge in [0.05, 0.1) is 11.0 Å². The lowest BCUT2D eigenvalue weighted by Crippen LogP contribution is -2.33. The van der Waals surface area contributed by atoms with Gasteiger partial charge < -0.3 is 5.11 Å². The Labute approximate surface area is 127 Å². The first-order valence-electron chi connectivity index (χ1n) is 7.49. The minimum Gasteiger partial charge on any atom is -0.393 e. The summed E-state index contributed by atoms with van der Waals surface area (Å²) in [4.78, 5) is 0.396. The molecule has 1 aliphatic carbocycles. The highest BCUT2D eigenvalue weighted by Gasteiger charge is 2.28. The van der Waals surface area contributed by atoms with E-state index in [4.69, 9.17) is 0 Å². The predicted octanol–water partition coefficient (Wildman–Crippen LogP) is 2.36. The van der Waals surface area contributed by atoms with Crippen molar-refractivity contribution in [3.8, 4) is 0 Å². The van der Waals surface area contributed by atoms with Crippen LogP contribution in [0.2, 0.25) is 0 Å². The van der Waals surface area contributed by atoms with E-state index >= 15 is 0 Å². The van der Waals surface area contributed by atoms with Crippen LogP contribution in [0.3, 0.4) is 0 Å². The number of aliphatic hydroxyl groups excluding tert-OH is 1. The number of sulfonamides is 1. The van der Waals surface area contributed by atoms with E-state index in [0.717, 1.165) is 41.5 Å². The molecule has 0 amide bonds. The maximum atomic E-state index is 12.6. The average molecular weight is 311 g/mol. The normalized spacial score (nSPS) is 22.7. The van der Waals surface area contributed by atoms with Crippen LogP contribution in [-0.2, 0) is 10.0 Å². The van der Waals surface area contributed by atoms with Crippen LogP contribution in [0, 0.1) is 33.6 Å². The number of hydrogen-bond donors (Lipinski definition) is 2. The zero-order chi connectivity index (χ0) is 15.8. The third kappa shape index (κ3) is 3.30. The first kappa shape index (κ1) is 16.5. The van der Waals surface area contributed by atoms with Crippen LogP contribution in [0.1, 0.15) is 41.5 Å². The van der Waals surface area contributed by atoms with E-state index in [0.29, 0.717) is 11.4 Å². The van der Waals surface area contributed by atoms with E-state index in [1.54, 1.807) is 0 Å². The molecule has 1 fully saturated rings. The zero-order valence-electron chi connectivity index (χ0n) is 13.2. The summed E-state index contributed by atoms with van der Waals surface area (Å²) < 4.78 is 28.0. The fraction of sp³-hybridized carbons (Fsp3) is 0.625. The number of benzene rings is 1. The number of rotatable bonds is 4. The first-order valence-corrected chi connectivity index (χ1v) is 8.97. The molecule has 2 atom stereocenters. The fourth-order valence-electron chi connectivity index (χ4n) is 3.13. The molecular formula is C16H25NO3S. The highest BCUT2D eigenvalue weighted by Crippen LogP contribution is 2.28. The van der Waals surface area contributed by atoms with E-state index in [2.05, 4.69) is 4.72 Å². The molecule has 0 aromatic heterocycles. The van der Waals surface area contributed by atoms with Gasteiger partial charge in [-0.2, -0.15) is 0 Å². The molecule has 0 saturated heterocycles. The van der Waals surface area contributed by atoms with Crippen molar-refractivity contribution < 1.29 is 13.5 Å². The highest BCUT2D eigenvalue weighted by molar-refractivity contribution is 7.89. The SMILES string of the molecule is Cc1cc(C)c(C)c(S(=O)(=O)NCC2CCCC2O)c1C. The average Bonchev–Trinajstić information content (AvgIpc) is 2.80. The van der Waals surface area contributed by atoms with Crippen molar-refractivity contribution in [2.75, 3.05) is 6.54 Å². The van der Waals surface area contributed by atoms with E-state index in [1.807, 2.05) is 33.8 Å². The Kier molecular flexibility index (Phi) is 4.76. The summed E-state index contributed by atoms with van der Waals surface area (Å²) in [6.07, 6.45) is 2.24. The van der Waals surface area contributed by atoms with Gasteiger partial charge in [-0.25, -0.2) is 13.1 Å². The Balaban J connectivity index is 2.28. The zero-order valence-corrected chi connectivity index (χ0v) is 14.0. The molecule has 2 N–H and O–H groups in total. The number of aliphatic hydroxyl groups is 1. The van der Waals surface area contributed by atoms with Crippen molar-refractivity contribution in [1.82, 2.24) is 4.72 Å². The highest BCUT2D eigenvalue weighted by atomic mass is 32.2. The minimum absolute atomic E-state index is 0.0336. The molecule has 1 aromatic carbocycles. The fourth-order valence-corrected chi connectivity index (χ4v) is 4.83. The second-order valence-corrected chi connectivity index (χ2v) is 7.90. The third-order valence-electron chi connectivity index (χ3n) is 4.72. The summed E-state index contributed by atoms with van der Waals surface area (Å²) in [6.45, 7) is 7.87. The Morgan fingerprint density at radius 1 is 1.14 bits per heavy atom. The number of nitrogens with one attached hydrogen (secondary N) is 1. The Hall–Kier alpha value is -0.910. The maximum Gasteiger partial charge on any atom is 0.241 e. The van der Waals surface area contributed by atoms with Gasteiger partial charge in [-0.15, -0.1) is 0 Å². The summed E-state index contributed by atoms with van der Waals surface area (Å²) in [5.41, 5.74) is 3.58. The van der Waals surface area contributed by atoms with Gasteiger partial charge in [-0.3, -0.25) is 0 Å². The smallest absolute Gasteiger partial charge is 0.241 e. The summed E-state index contributed by atoms with van der Waals surface area (Å²) in [5, 5.41) is 9.82. The van der Waals surface area contributed by atoms with Crippen LogP contribution in [0.25, 0.3) is 0 Å². The van der Waals surface area contributed by atoms with Crippen molar-refractivity contribution in [1.29, 1.82) is 0 Å². The van der Waals surface area contributed by atoms with Gasteiger partial charge in [0, 0.05) is 6.54 Å². The molecule has 1 saturated carbocycles. The molecule has 5 heteroatoms. The van der Waals surface area contributed by atoms with Crippen molar-refractivity contribution >= 4 is 10.0 Å². The Morgan fingerprint density at radius 2 is 1.71 bits per heavy atom. The molecule has 1 aromatic rings. The maximum absolute atomic E-state index is 12.6. The van der Waals surface area contributed by atoms with Gasteiger partial charge in [-0.05, 0) is 68.7 Å². The van der Waals surface area contributed by atoms with Crippen molar-refractivity contribution in [3.05, 3.63) is 28.3 Å². The molecule has 0 bridgehead atoms. The Morgan fingerprint density at radius 3 is 2.19 bits per heavy atom. The molecular weight excluding hydrogens is 286 g/mol. The standard InChI is InChI=1S/C16H25NO3S/c1-10-8-11(2)13(4)16(12(10)3)21(19,20)17-9-14-6-5-7-15(14)18/h8,14-15,17-18H,5-7,9H2,1-4H3. The molecule has 21 heavy (non-hydrogen) atoms. The van der Waals surface area contributed by atoms with E-state index in [1.165, 1.54) is 0 Å². The lowest BCUT2D eigenvalue weighted by molar-refractivity contribution is 0.134. The van der Waals surface area contributed by atoms with Crippen LogP contribution in [-0.4, -0.2) is 26.2 Å². The van der Waals surface area contributed by atoms with Gasteiger partial charge in [-0.1, -0.05) is 12.5 Å². The molecule has 118 valence electrons. The van der Waals surface area contributed by atoms with Crippen molar-refractivity contribution in [3.63, 3.8) is 0 Å². The molecule has 2 unspecified atom stereocenters. The second-order valence-electron chi connectivity index (χ2n) is 6.20. The van der Waals surface area contributed by atoms with Gasteiger partial charge in [0.1, 0.15) is 0 Å². The monoisotopic (exact) mass is 311 g/mol. The molecule has 1 aliphatic rings. The molecule has 0 spiro atoms. The number of hydrogen-bond acceptors (Lipinski definition) is 3. The molecule has 2 rings (SSSR count). The van der Waals surface area contributed by atoms with E-state index in [9.17, 15) is 13.5 Å². The van der Waals surface area contributed by atoms with Crippen molar-refractivity contribution in [2.24, 2.45) is 5.92 Å². The molecule has 0 heterocycles. The van der Waals surface area contributed by atoms with Crippen LogP contribution in [0.4, 0.5) is 0 Å². The molecule has 0 aliphatic heterocycles. The molecule has 4 nitrogen and oxygen atoms in total. The van der Waals surface area contributed by atoms with Gasteiger partial charge in [0.25, 0.3) is 0 Å². The quantitative estimate of drug-likeness (QED) is 0.897. The topological polar surface area (TPSA) is 66.4 Å². The van der Waals surface area contributed by atoms with Crippen molar-refractivity contribution in [2.45, 2.75) is 58.0 Å². The van der Waals surface area contributed by atoms with E-state index in [-0.39, 0.29) is 12.0 Å². The van der Waals surface area contributed by atoms with Crippen LogP contribution >= 0.6 is 0 Å². The lowest BCUT2D eigenvalue weighted by atomic mass is 10.0. The first-order chi connectivity index (χ1) is 9.74. The van der Waals surface area contributed by atoms with Crippen LogP contribution < -0.4 is 4.72 Å². The van der Waals surface area contributed by atoms with Crippen LogP contribution in [0.5, 0.6) is 0 Å². The van der Waals surface area contributed by atoms with Crippen LogP contribution in [0.15, 0.2) is 11.0 Å². The third-order valence-corrected chi connectivity index (χ3v) is 6.42. The van der Waals surface area contributed by atoms with Gasteiger partial charge in [0.2, 0.25) is 10.0 Å². The number of aryl methyl sites for hydroxylation is 2. The minimum atomic E-state index is -3.54. The predicted molar refractivity (Wildman–Crippen MR) is 83.9 cm³/mol. The second kappa shape index (κ2) is 6.07. The largest absolute Gasteiger partial charge is 0.393 e. The summed E-state index contributed by atoms with van der Waals surface area (Å²) in [6, 6.07) is 2.02. The Bertz CT molecular complexity index is 611. The summed E-state index contributed by atoms with van der Waals surface area (Å²) in [5.74, 6) is 0.0336. The lowest BCUT2D eigenvalue weighted by Gasteiger charge is -2.19. The van der Waals surface area contributed by atoms with E-state index < -0.39 is 10.0 Å². The van der Waals surface area contributed by atoms with Gasteiger partial charge in [0.15, 0.2) is 0 Å². The summed E-state index contributed by atoms with van der Waals surface area (Å²) >= 11 is 0.